The average Bonchev–Trinajstić information content (AvgIpc) is 2.69. The zero-order valence-corrected chi connectivity index (χ0v) is 11.5. The Bertz CT molecular complexity index is 419. The van der Waals surface area contributed by atoms with E-state index in [9.17, 15) is 4.79 Å². The molecule has 18 heavy (non-hydrogen) atoms. The summed E-state index contributed by atoms with van der Waals surface area (Å²) in [4.78, 5) is 11.1. The highest BCUT2D eigenvalue weighted by molar-refractivity contribution is 5.58. The summed E-state index contributed by atoms with van der Waals surface area (Å²) in [6.07, 6.45) is 1.04. The van der Waals surface area contributed by atoms with Crippen LogP contribution in [0, 0.1) is 5.92 Å². The fraction of sp³-hybridized carbons (Fsp3) is 0.533. The number of rotatable bonds is 2. The molecule has 1 aliphatic rings. The van der Waals surface area contributed by atoms with Gasteiger partial charge in [-0.1, -0.05) is 45.0 Å². The van der Waals surface area contributed by atoms with Crippen LogP contribution in [0.1, 0.15) is 44.9 Å². The summed E-state index contributed by atoms with van der Waals surface area (Å²) in [5, 5.41) is 0. The smallest absolute Gasteiger partial charge is 0.126 e. The van der Waals surface area contributed by atoms with Crippen molar-refractivity contribution >= 4 is 6.29 Å². The van der Waals surface area contributed by atoms with Crippen LogP contribution in [0.3, 0.4) is 0 Å². The number of aldehydes is 1. The van der Waals surface area contributed by atoms with Crippen LogP contribution in [0.4, 0.5) is 0 Å². The van der Waals surface area contributed by atoms with Crippen molar-refractivity contribution in [2.24, 2.45) is 5.92 Å². The molecule has 98 valence electrons. The Labute approximate surface area is 109 Å². The average molecular weight is 246 g/mol. The fourth-order valence-electron chi connectivity index (χ4n) is 2.39. The van der Waals surface area contributed by atoms with Crippen LogP contribution < -0.4 is 10.9 Å². The van der Waals surface area contributed by atoms with Crippen LogP contribution in [-0.4, -0.2) is 12.3 Å². The van der Waals surface area contributed by atoms with Crippen LogP contribution in [0.5, 0.6) is 0 Å². The minimum atomic E-state index is -0.00881. The second-order valence-corrected chi connectivity index (χ2v) is 6.14. The van der Waals surface area contributed by atoms with Crippen molar-refractivity contribution in [3.8, 4) is 0 Å². The van der Waals surface area contributed by atoms with E-state index in [-0.39, 0.29) is 23.4 Å². The highest BCUT2D eigenvalue weighted by Gasteiger charge is 2.33. The SMILES string of the molecule is CC1NNC(c2ccc(C(C)(C)C)cc2)C1C=O. The third-order valence-corrected chi connectivity index (χ3v) is 3.72. The van der Waals surface area contributed by atoms with Crippen molar-refractivity contribution in [2.45, 2.75) is 45.2 Å². The first-order valence-corrected chi connectivity index (χ1v) is 6.50. The molecule has 0 aliphatic carbocycles. The summed E-state index contributed by atoms with van der Waals surface area (Å²) in [6, 6.07) is 8.80. The molecule has 1 aliphatic heterocycles. The first kappa shape index (κ1) is 13.2. The van der Waals surface area contributed by atoms with E-state index in [0.717, 1.165) is 11.8 Å². The molecule has 3 heteroatoms. The Hall–Kier alpha value is -1.19. The van der Waals surface area contributed by atoms with Gasteiger partial charge in [0.1, 0.15) is 6.29 Å². The van der Waals surface area contributed by atoms with E-state index < -0.39 is 0 Å². The van der Waals surface area contributed by atoms with Crippen molar-refractivity contribution in [3.05, 3.63) is 35.4 Å². The van der Waals surface area contributed by atoms with E-state index in [2.05, 4.69) is 55.9 Å². The van der Waals surface area contributed by atoms with Crippen LogP contribution in [0.2, 0.25) is 0 Å². The number of carbonyl (C=O) groups is 1. The number of nitrogens with one attached hydrogen (secondary N) is 2. The van der Waals surface area contributed by atoms with Gasteiger partial charge in [-0.2, -0.15) is 0 Å². The van der Waals surface area contributed by atoms with E-state index in [1.54, 1.807) is 0 Å². The largest absolute Gasteiger partial charge is 0.303 e. The third-order valence-electron chi connectivity index (χ3n) is 3.72. The second kappa shape index (κ2) is 4.82. The van der Waals surface area contributed by atoms with E-state index >= 15 is 0 Å². The number of hydrazine groups is 1. The van der Waals surface area contributed by atoms with Gasteiger partial charge in [0.25, 0.3) is 0 Å². The first-order chi connectivity index (χ1) is 8.43. The highest BCUT2D eigenvalue weighted by Crippen LogP contribution is 2.29. The van der Waals surface area contributed by atoms with Crippen molar-refractivity contribution in [2.75, 3.05) is 0 Å². The molecule has 1 fully saturated rings. The third kappa shape index (κ3) is 2.47. The summed E-state index contributed by atoms with van der Waals surface area (Å²) < 4.78 is 0. The number of carbonyl (C=O) groups excluding carboxylic acids is 1. The molecule has 0 saturated carbocycles. The quantitative estimate of drug-likeness (QED) is 0.787. The predicted molar refractivity (Wildman–Crippen MR) is 73.2 cm³/mol. The lowest BCUT2D eigenvalue weighted by Gasteiger charge is -2.21. The van der Waals surface area contributed by atoms with Crippen LogP contribution in [0.25, 0.3) is 0 Å². The topological polar surface area (TPSA) is 41.1 Å². The summed E-state index contributed by atoms with van der Waals surface area (Å²) >= 11 is 0. The van der Waals surface area contributed by atoms with Crippen LogP contribution in [0.15, 0.2) is 24.3 Å². The van der Waals surface area contributed by atoms with E-state index in [1.165, 1.54) is 5.56 Å². The normalized spacial score (nSPS) is 28.3. The Morgan fingerprint density at radius 1 is 1.11 bits per heavy atom. The number of benzene rings is 1. The molecule has 0 radical (unpaired) electrons. The van der Waals surface area contributed by atoms with Gasteiger partial charge in [0.05, 0.1) is 12.0 Å². The molecule has 2 N–H and O–H groups in total. The molecule has 3 nitrogen and oxygen atoms in total. The fourth-order valence-corrected chi connectivity index (χ4v) is 2.39. The Kier molecular flexibility index (Phi) is 3.55. The monoisotopic (exact) mass is 246 g/mol. The maximum absolute atomic E-state index is 11.1. The lowest BCUT2D eigenvalue weighted by molar-refractivity contribution is -0.111. The summed E-state index contributed by atoms with van der Waals surface area (Å²) in [5.41, 5.74) is 8.97. The lowest BCUT2D eigenvalue weighted by atomic mass is 9.85. The number of hydrogen-bond donors (Lipinski definition) is 2. The first-order valence-electron chi connectivity index (χ1n) is 6.50. The molecule has 2 rings (SSSR count). The summed E-state index contributed by atoms with van der Waals surface area (Å²) in [6.45, 7) is 8.63. The highest BCUT2D eigenvalue weighted by atomic mass is 16.1. The van der Waals surface area contributed by atoms with Gasteiger partial charge in [0, 0.05) is 6.04 Å². The Morgan fingerprint density at radius 2 is 1.72 bits per heavy atom. The zero-order chi connectivity index (χ0) is 13.3. The predicted octanol–water partition coefficient (Wildman–Crippen LogP) is 2.34. The van der Waals surface area contributed by atoms with Gasteiger partial charge in [0.15, 0.2) is 0 Å². The summed E-state index contributed by atoms with van der Waals surface area (Å²) in [7, 11) is 0. The minimum absolute atomic E-state index is 0.00881. The van der Waals surface area contributed by atoms with E-state index in [0.29, 0.717) is 0 Å². The van der Waals surface area contributed by atoms with Crippen molar-refractivity contribution in [1.29, 1.82) is 0 Å². The van der Waals surface area contributed by atoms with Gasteiger partial charge < -0.3 is 4.79 Å². The molecule has 0 bridgehead atoms. The van der Waals surface area contributed by atoms with Gasteiger partial charge in [-0.3, -0.25) is 5.43 Å². The molecule has 3 atom stereocenters. The van der Waals surface area contributed by atoms with Gasteiger partial charge >= 0.3 is 0 Å². The zero-order valence-electron chi connectivity index (χ0n) is 11.5. The van der Waals surface area contributed by atoms with E-state index in [1.807, 2.05) is 6.92 Å². The Morgan fingerprint density at radius 3 is 2.22 bits per heavy atom. The molecule has 0 amide bonds. The van der Waals surface area contributed by atoms with Gasteiger partial charge in [0.2, 0.25) is 0 Å². The summed E-state index contributed by atoms with van der Waals surface area (Å²) in [5.74, 6) is -0.00881. The van der Waals surface area contributed by atoms with Gasteiger partial charge in [-0.15, -0.1) is 0 Å². The molecule has 0 spiro atoms. The molecule has 0 aromatic heterocycles. The van der Waals surface area contributed by atoms with Gasteiger partial charge in [-0.25, -0.2) is 5.43 Å². The standard InChI is InChI=1S/C15H22N2O/c1-10-13(9-18)14(17-16-10)11-5-7-12(8-6-11)15(2,3)4/h5-10,13-14,16-17H,1-4H3. The van der Waals surface area contributed by atoms with Crippen LogP contribution in [-0.2, 0) is 10.2 Å². The minimum Gasteiger partial charge on any atom is -0.303 e. The molecule has 1 aromatic carbocycles. The van der Waals surface area contributed by atoms with E-state index in [4.69, 9.17) is 0 Å². The van der Waals surface area contributed by atoms with Crippen molar-refractivity contribution in [1.82, 2.24) is 10.9 Å². The molecule has 3 unspecified atom stereocenters. The van der Waals surface area contributed by atoms with Crippen LogP contribution >= 0.6 is 0 Å². The Balaban J connectivity index is 2.22. The van der Waals surface area contributed by atoms with Crippen molar-refractivity contribution in [3.63, 3.8) is 0 Å². The number of hydrogen-bond acceptors (Lipinski definition) is 3. The second-order valence-electron chi connectivity index (χ2n) is 6.14. The maximum Gasteiger partial charge on any atom is 0.126 e. The maximum atomic E-state index is 11.1. The van der Waals surface area contributed by atoms with Gasteiger partial charge in [-0.05, 0) is 23.5 Å². The lowest BCUT2D eigenvalue weighted by Crippen LogP contribution is -2.29. The molecular weight excluding hydrogens is 224 g/mol. The molecule has 1 heterocycles. The molecular formula is C15H22N2O. The molecule has 1 aromatic rings. The molecule has 1 saturated heterocycles. The van der Waals surface area contributed by atoms with Crippen molar-refractivity contribution < 1.29 is 4.79 Å².